The molecule has 4 rings (SSSR count). The molecule has 1 aromatic carbocycles. The first-order valence-corrected chi connectivity index (χ1v) is 12.1. The first kappa shape index (κ1) is 29.8. The summed E-state index contributed by atoms with van der Waals surface area (Å²) in [6.45, 7) is 7.27. The summed E-state index contributed by atoms with van der Waals surface area (Å²) in [5.74, 6) is 1.07. The SMILES string of the molecule is CCOc1nc(N2CCN(C(C)=O)CC2)ccc1C(=O)CC[C@@H](O)[C@@H]1Cc2ccccc2CN1.Cl.Cl. The van der Waals surface area contributed by atoms with Crippen molar-refractivity contribution in [1.82, 2.24) is 15.2 Å². The van der Waals surface area contributed by atoms with Crippen molar-refractivity contribution in [2.45, 2.75) is 51.8 Å². The summed E-state index contributed by atoms with van der Waals surface area (Å²) >= 11 is 0. The van der Waals surface area contributed by atoms with Gasteiger partial charge in [0.05, 0.1) is 18.3 Å². The van der Waals surface area contributed by atoms with Crippen molar-refractivity contribution in [2.75, 3.05) is 37.7 Å². The molecule has 2 N–H and O–H groups in total. The van der Waals surface area contributed by atoms with Crippen LogP contribution in [0, 0.1) is 0 Å². The Kier molecular flexibility index (Phi) is 11.4. The summed E-state index contributed by atoms with van der Waals surface area (Å²) in [7, 11) is 0. The van der Waals surface area contributed by atoms with E-state index in [0.717, 1.165) is 18.8 Å². The van der Waals surface area contributed by atoms with E-state index in [2.05, 4.69) is 27.3 Å². The molecule has 0 spiro atoms. The molecule has 0 bridgehead atoms. The van der Waals surface area contributed by atoms with Gasteiger partial charge in [0.1, 0.15) is 5.82 Å². The van der Waals surface area contributed by atoms with Gasteiger partial charge in [0.15, 0.2) is 5.78 Å². The molecule has 2 aliphatic heterocycles. The zero-order chi connectivity index (χ0) is 24.1. The number of nitrogens with zero attached hydrogens (tertiary/aromatic N) is 3. The summed E-state index contributed by atoms with van der Waals surface area (Å²) in [5.41, 5.74) is 2.96. The Morgan fingerprint density at radius 2 is 1.81 bits per heavy atom. The van der Waals surface area contributed by atoms with E-state index >= 15 is 0 Å². The highest BCUT2D eigenvalue weighted by atomic mass is 35.5. The fourth-order valence-corrected chi connectivity index (χ4v) is 4.68. The average Bonchev–Trinajstić information content (AvgIpc) is 2.87. The first-order chi connectivity index (χ1) is 16.5. The molecule has 36 heavy (non-hydrogen) atoms. The second-order valence-corrected chi connectivity index (χ2v) is 8.94. The molecule has 1 amide bonds. The van der Waals surface area contributed by atoms with E-state index in [0.29, 0.717) is 50.7 Å². The van der Waals surface area contributed by atoms with Gasteiger partial charge in [0.25, 0.3) is 0 Å². The summed E-state index contributed by atoms with van der Waals surface area (Å²) in [6.07, 6.45) is 0.735. The van der Waals surface area contributed by atoms with Gasteiger partial charge in [-0.1, -0.05) is 24.3 Å². The number of aromatic nitrogens is 1. The van der Waals surface area contributed by atoms with Crippen LogP contribution in [0.1, 0.15) is 48.2 Å². The van der Waals surface area contributed by atoms with Crippen molar-refractivity contribution in [3.63, 3.8) is 0 Å². The van der Waals surface area contributed by atoms with Gasteiger partial charge >= 0.3 is 0 Å². The lowest BCUT2D eigenvalue weighted by atomic mass is 9.91. The molecule has 0 saturated carbocycles. The quantitative estimate of drug-likeness (QED) is 0.498. The highest BCUT2D eigenvalue weighted by Gasteiger charge is 2.26. The molecule has 198 valence electrons. The Bertz CT molecular complexity index is 1030. The van der Waals surface area contributed by atoms with Gasteiger partial charge < -0.3 is 25.0 Å². The Morgan fingerprint density at radius 3 is 2.47 bits per heavy atom. The topological polar surface area (TPSA) is 95.0 Å². The van der Waals surface area contributed by atoms with Crippen LogP contribution < -0.4 is 15.0 Å². The highest BCUT2D eigenvalue weighted by Crippen LogP contribution is 2.25. The predicted molar refractivity (Wildman–Crippen MR) is 145 cm³/mol. The molecule has 0 aliphatic carbocycles. The van der Waals surface area contributed by atoms with Crippen molar-refractivity contribution in [1.29, 1.82) is 0 Å². The number of aliphatic hydroxyl groups is 1. The van der Waals surface area contributed by atoms with E-state index < -0.39 is 6.10 Å². The maximum Gasteiger partial charge on any atom is 0.226 e. The molecule has 2 atom stereocenters. The van der Waals surface area contributed by atoms with Gasteiger partial charge in [-0.15, -0.1) is 24.8 Å². The van der Waals surface area contributed by atoms with Gasteiger partial charge in [-0.3, -0.25) is 9.59 Å². The van der Waals surface area contributed by atoms with Gasteiger partial charge in [-0.2, -0.15) is 4.98 Å². The monoisotopic (exact) mass is 538 g/mol. The number of aliphatic hydroxyl groups excluding tert-OH is 1. The van der Waals surface area contributed by atoms with E-state index in [9.17, 15) is 14.7 Å². The summed E-state index contributed by atoms with van der Waals surface area (Å²) in [4.78, 5) is 33.2. The number of hydrogen-bond donors (Lipinski definition) is 2. The maximum absolute atomic E-state index is 13.0. The van der Waals surface area contributed by atoms with Crippen LogP contribution in [0.3, 0.4) is 0 Å². The fraction of sp³-hybridized carbons (Fsp3) is 0.500. The number of hydrogen-bond acceptors (Lipinski definition) is 7. The molecule has 1 fully saturated rings. The third kappa shape index (κ3) is 7.09. The Hall–Kier alpha value is -2.39. The van der Waals surface area contributed by atoms with E-state index in [1.165, 1.54) is 11.1 Å². The van der Waals surface area contributed by atoms with Crippen LogP contribution in [0.4, 0.5) is 5.82 Å². The van der Waals surface area contributed by atoms with E-state index in [1.54, 1.807) is 13.0 Å². The summed E-state index contributed by atoms with van der Waals surface area (Å²) < 4.78 is 5.71. The van der Waals surface area contributed by atoms with Crippen molar-refractivity contribution >= 4 is 42.3 Å². The van der Waals surface area contributed by atoms with Crippen LogP contribution in [0.25, 0.3) is 0 Å². The molecular formula is C26H36Cl2N4O4. The van der Waals surface area contributed by atoms with Crippen LogP contribution in [-0.4, -0.2) is 71.6 Å². The molecule has 0 radical (unpaired) electrons. The molecule has 2 aromatic rings. The van der Waals surface area contributed by atoms with Crippen LogP contribution in [0.15, 0.2) is 36.4 Å². The number of carbonyl (C=O) groups is 2. The van der Waals surface area contributed by atoms with Gasteiger partial charge in [0.2, 0.25) is 11.8 Å². The van der Waals surface area contributed by atoms with Crippen molar-refractivity contribution in [3.8, 4) is 5.88 Å². The van der Waals surface area contributed by atoms with E-state index in [4.69, 9.17) is 4.74 Å². The van der Waals surface area contributed by atoms with Crippen molar-refractivity contribution in [2.24, 2.45) is 0 Å². The second-order valence-electron chi connectivity index (χ2n) is 8.94. The van der Waals surface area contributed by atoms with Crippen LogP contribution >= 0.6 is 24.8 Å². The lowest BCUT2D eigenvalue weighted by Gasteiger charge is -2.35. The predicted octanol–water partition coefficient (Wildman–Crippen LogP) is 3.03. The maximum atomic E-state index is 13.0. The number of halogens is 2. The summed E-state index contributed by atoms with van der Waals surface area (Å²) in [5, 5.41) is 14.1. The molecule has 0 unspecified atom stereocenters. The highest BCUT2D eigenvalue weighted by molar-refractivity contribution is 5.98. The van der Waals surface area contributed by atoms with E-state index in [1.807, 2.05) is 30.0 Å². The Morgan fingerprint density at radius 1 is 1.11 bits per heavy atom. The number of ketones is 1. The minimum atomic E-state index is -0.613. The fourth-order valence-electron chi connectivity index (χ4n) is 4.68. The number of carbonyl (C=O) groups excluding carboxylic acids is 2. The minimum Gasteiger partial charge on any atom is -0.477 e. The van der Waals surface area contributed by atoms with E-state index in [-0.39, 0.29) is 49.0 Å². The molecule has 1 aromatic heterocycles. The van der Waals surface area contributed by atoms with Crippen molar-refractivity contribution < 1.29 is 19.4 Å². The number of rotatable bonds is 8. The average molecular weight is 540 g/mol. The number of amides is 1. The Balaban J connectivity index is 0.00000228. The number of anilines is 1. The number of fused-ring (bicyclic) bond motifs is 1. The smallest absolute Gasteiger partial charge is 0.226 e. The number of benzene rings is 1. The van der Waals surface area contributed by atoms with Crippen LogP contribution in [-0.2, 0) is 17.8 Å². The molecule has 8 nitrogen and oxygen atoms in total. The van der Waals surface area contributed by atoms with Crippen LogP contribution in [0.5, 0.6) is 5.88 Å². The second kappa shape index (κ2) is 13.8. The normalized spacial score (nSPS) is 17.8. The zero-order valence-electron chi connectivity index (χ0n) is 20.8. The van der Waals surface area contributed by atoms with Crippen LogP contribution in [0.2, 0.25) is 0 Å². The number of piperazine rings is 1. The molecular weight excluding hydrogens is 503 g/mol. The largest absolute Gasteiger partial charge is 0.477 e. The molecule has 3 heterocycles. The molecule has 2 aliphatic rings. The molecule has 10 heteroatoms. The third-order valence-corrected chi connectivity index (χ3v) is 6.72. The number of pyridine rings is 1. The minimum absolute atomic E-state index is 0. The number of nitrogens with one attached hydrogen (secondary N) is 1. The zero-order valence-corrected chi connectivity index (χ0v) is 22.4. The van der Waals surface area contributed by atoms with Gasteiger partial charge in [-0.25, -0.2) is 0 Å². The molecule has 1 saturated heterocycles. The standard InChI is InChI=1S/C26H34N4O4.2ClH/c1-3-34-26-21(8-11-25(28-26)30-14-12-29(13-15-30)18(2)31)23(32)9-10-24(33)22-16-19-6-4-5-7-20(19)17-27-22;;/h4-8,11,22,24,27,33H,3,9-10,12-17H2,1-2H3;2*1H/t22-,24+;;/m0../s1. The lowest BCUT2D eigenvalue weighted by molar-refractivity contribution is -0.129. The van der Waals surface area contributed by atoms with Crippen molar-refractivity contribution in [3.05, 3.63) is 53.1 Å². The van der Waals surface area contributed by atoms with Gasteiger partial charge in [-0.05, 0) is 43.0 Å². The lowest BCUT2D eigenvalue weighted by Crippen LogP contribution is -2.48. The Labute approximate surface area is 225 Å². The van der Waals surface area contributed by atoms with Gasteiger partial charge in [0, 0.05) is 52.1 Å². The summed E-state index contributed by atoms with van der Waals surface area (Å²) in [6, 6.07) is 11.8. The number of Topliss-reactive ketones (excluding diaryl/α,β-unsaturated/α-hetero) is 1. The third-order valence-electron chi connectivity index (χ3n) is 6.72. The first-order valence-electron chi connectivity index (χ1n) is 12.1. The number of ether oxygens (including phenoxy) is 1.